The summed E-state index contributed by atoms with van der Waals surface area (Å²) >= 11 is 0. The number of hydrogen-bond donors (Lipinski definition) is 3. The first-order valence-corrected chi connectivity index (χ1v) is 27.3. The molecule has 1 aliphatic rings. The average molecular weight is 973 g/mol. The topological polar surface area (TPSA) is 175 Å². The number of unbranched alkanes of at least 4 members (excludes halogenated alkanes) is 21. The van der Waals surface area contributed by atoms with Crippen LogP contribution in [0.25, 0.3) is 0 Å². The molecule has 0 radical (unpaired) electrons. The first kappa shape index (κ1) is 63.4. The van der Waals surface area contributed by atoms with Gasteiger partial charge in [0.2, 0.25) is 0 Å². The number of carbonyl (C=O) groups excluding carboxylic acids is 3. The molecule has 0 aromatic heterocycles. The molecule has 0 bridgehead atoms. The van der Waals surface area contributed by atoms with Gasteiger partial charge < -0.3 is 39.0 Å². The maximum atomic E-state index is 13.0. The lowest BCUT2D eigenvalue weighted by molar-refractivity contribution is -0.301. The number of ether oxygens (including phenoxy) is 5. The van der Waals surface area contributed by atoms with Gasteiger partial charge in [-0.2, -0.15) is 0 Å². The number of aliphatic hydroxyl groups is 2. The molecule has 12 heteroatoms. The predicted molar refractivity (Wildman–Crippen MR) is 275 cm³/mol. The van der Waals surface area contributed by atoms with Crippen molar-refractivity contribution in [1.29, 1.82) is 0 Å². The highest BCUT2D eigenvalue weighted by atomic mass is 16.7. The van der Waals surface area contributed by atoms with E-state index < -0.39 is 67.3 Å². The van der Waals surface area contributed by atoms with Gasteiger partial charge in [0.05, 0.1) is 6.61 Å². The minimum Gasteiger partial charge on any atom is -0.479 e. The fourth-order valence-corrected chi connectivity index (χ4v) is 7.87. The number of carboxylic acid groups (broad SMARTS) is 1. The van der Waals surface area contributed by atoms with Crippen LogP contribution in [0, 0.1) is 0 Å². The smallest absolute Gasteiger partial charge is 0.335 e. The standard InChI is InChI=1S/C57H96O12/c1-4-7-10-13-16-19-21-22-23-24-25-26-27-28-30-33-36-39-42-45-51(60)68-55-53(62)52(61)54(56(63)64)69-57(55)66-47-48(67-50(59)44-41-38-35-31-18-15-12-9-6-3)46-65-49(58)43-40-37-34-32-29-20-17-14-11-8-5-2/h7,10,14,16-17,19,22-23,25-26,48,52-55,57,61-62H,4-6,8-9,11-13,15,18,20-21,24,27-47H2,1-3H3,(H,63,64)/b10-7-,17-14-,19-16-,23-22-,26-25-. The van der Waals surface area contributed by atoms with Crippen LogP contribution >= 0.6 is 0 Å². The molecule has 6 atom stereocenters. The Morgan fingerprint density at radius 1 is 0.493 bits per heavy atom. The summed E-state index contributed by atoms with van der Waals surface area (Å²) < 4.78 is 28.3. The van der Waals surface area contributed by atoms with E-state index in [-0.39, 0.29) is 25.9 Å². The van der Waals surface area contributed by atoms with E-state index in [1.807, 2.05) is 0 Å². The van der Waals surface area contributed by atoms with Crippen LogP contribution in [0.5, 0.6) is 0 Å². The monoisotopic (exact) mass is 973 g/mol. The Labute approximate surface area is 417 Å². The maximum Gasteiger partial charge on any atom is 0.335 e. The van der Waals surface area contributed by atoms with Crippen LogP contribution in [0.1, 0.15) is 226 Å². The summed E-state index contributed by atoms with van der Waals surface area (Å²) in [6.45, 7) is 5.78. The van der Waals surface area contributed by atoms with Crippen molar-refractivity contribution in [1.82, 2.24) is 0 Å². The second kappa shape index (κ2) is 45.6. The van der Waals surface area contributed by atoms with Crippen molar-refractivity contribution in [2.45, 2.75) is 263 Å². The van der Waals surface area contributed by atoms with Crippen molar-refractivity contribution in [2.75, 3.05) is 13.2 Å². The summed E-state index contributed by atoms with van der Waals surface area (Å²) in [4.78, 5) is 50.8. The second-order valence-electron chi connectivity index (χ2n) is 18.5. The second-order valence-corrected chi connectivity index (χ2v) is 18.5. The van der Waals surface area contributed by atoms with Crippen LogP contribution in [0.15, 0.2) is 60.8 Å². The highest BCUT2D eigenvalue weighted by molar-refractivity contribution is 5.74. The molecule has 12 nitrogen and oxygen atoms in total. The Morgan fingerprint density at radius 3 is 1.45 bits per heavy atom. The number of allylic oxidation sites excluding steroid dienone is 10. The SMILES string of the molecule is CC/C=C\C/C=C\C/C=C\C/C=C\CCCCCCCCC(=O)OC1C(OCC(COC(=O)CCCCCCC/C=C\CCCC)OC(=O)CCCCCCCCCCC)OC(C(=O)O)C(O)C1O. The van der Waals surface area contributed by atoms with E-state index in [1.54, 1.807) is 0 Å². The van der Waals surface area contributed by atoms with Gasteiger partial charge in [-0.1, -0.05) is 191 Å². The summed E-state index contributed by atoms with van der Waals surface area (Å²) in [5.74, 6) is -3.15. The zero-order chi connectivity index (χ0) is 50.4. The van der Waals surface area contributed by atoms with Crippen LogP contribution in [-0.4, -0.2) is 89.2 Å². The third kappa shape index (κ3) is 36.1. The van der Waals surface area contributed by atoms with Crippen molar-refractivity contribution < 1.29 is 58.2 Å². The van der Waals surface area contributed by atoms with Gasteiger partial charge in [0.15, 0.2) is 24.6 Å². The van der Waals surface area contributed by atoms with Crippen LogP contribution in [0.3, 0.4) is 0 Å². The molecule has 1 rings (SSSR count). The lowest BCUT2D eigenvalue weighted by atomic mass is 9.98. The fraction of sp³-hybridized carbons (Fsp3) is 0.754. The number of esters is 3. The minimum atomic E-state index is -1.91. The summed E-state index contributed by atoms with van der Waals surface area (Å²) in [5.41, 5.74) is 0. The van der Waals surface area contributed by atoms with Gasteiger partial charge in [0.25, 0.3) is 0 Å². The van der Waals surface area contributed by atoms with E-state index in [0.717, 1.165) is 122 Å². The largest absolute Gasteiger partial charge is 0.479 e. The Morgan fingerprint density at radius 2 is 0.928 bits per heavy atom. The molecule has 1 heterocycles. The Balaban J connectivity index is 2.67. The molecule has 1 saturated heterocycles. The van der Waals surface area contributed by atoms with Crippen molar-refractivity contribution in [3.8, 4) is 0 Å². The normalized spacial score (nSPS) is 19.1. The Bertz CT molecular complexity index is 1440. The number of carbonyl (C=O) groups is 4. The number of aliphatic carboxylic acids is 1. The molecule has 0 spiro atoms. The Hall–Kier alpha value is -3.58. The summed E-state index contributed by atoms with van der Waals surface area (Å²) in [6, 6.07) is 0. The summed E-state index contributed by atoms with van der Waals surface area (Å²) in [6.07, 6.45) is 42.1. The van der Waals surface area contributed by atoms with Crippen molar-refractivity contribution >= 4 is 23.9 Å². The lowest BCUT2D eigenvalue weighted by Crippen LogP contribution is -2.61. The summed E-state index contributed by atoms with van der Waals surface area (Å²) in [5, 5.41) is 31.4. The lowest BCUT2D eigenvalue weighted by Gasteiger charge is -2.40. The molecule has 0 aliphatic carbocycles. The van der Waals surface area contributed by atoms with Crippen LogP contribution < -0.4 is 0 Å². The Kier molecular flexibility index (Phi) is 41.9. The molecular formula is C57H96O12. The molecule has 6 unspecified atom stereocenters. The van der Waals surface area contributed by atoms with E-state index in [1.165, 1.54) is 44.9 Å². The van der Waals surface area contributed by atoms with Gasteiger partial charge in [-0.3, -0.25) is 14.4 Å². The minimum absolute atomic E-state index is 0.0435. The van der Waals surface area contributed by atoms with Crippen molar-refractivity contribution in [2.24, 2.45) is 0 Å². The van der Waals surface area contributed by atoms with E-state index in [0.29, 0.717) is 19.3 Å². The van der Waals surface area contributed by atoms with Crippen LogP contribution in [0.2, 0.25) is 0 Å². The zero-order valence-corrected chi connectivity index (χ0v) is 43.3. The van der Waals surface area contributed by atoms with Gasteiger partial charge in [-0.25, -0.2) is 4.79 Å². The number of hydrogen-bond acceptors (Lipinski definition) is 11. The van der Waals surface area contributed by atoms with E-state index >= 15 is 0 Å². The number of aliphatic hydroxyl groups excluding tert-OH is 2. The quantitative estimate of drug-likeness (QED) is 0.0228. The highest BCUT2D eigenvalue weighted by Gasteiger charge is 2.50. The molecule has 0 aromatic carbocycles. The van der Waals surface area contributed by atoms with E-state index in [2.05, 4.69) is 81.5 Å². The van der Waals surface area contributed by atoms with E-state index in [9.17, 15) is 34.5 Å². The van der Waals surface area contributed by atoms with E-state index in [4.69, 9.17) is 23.7 Å². The molecule has 69 heavy (non-hydrogen) atoms. The number of carboxylic acids is 1. The fourth-order valence-electron chi connectivity index (χ4n) is 7.87. The molecule has 1 aliphatic heterocycles. The zero-order valence-electron chi connectivity index (χ0n) is 43.3. The van der Waals surface area contributed by atoms with Gasteiger partial charge in [-0.05, 0) is 77.0 Å². The van der Waals surface area contributed by atoms with Crippen molar-refractivity contribution in [3.63, 3.8) is 0 Å². The third-order valence-electron chi connectivity index (χ3n) is 12.1. The third-order valence-corrected chi connectivity index (χ3v) is 12.1. The molecule has 1 fully saturated rings. The highest BCUT2D eigenvalue weighted by Crippen LogP contribution is 2.26. The summed E-state index contributed by atoms with van der Waals surface area (Å²) in [7, 11) is 0. The van der Waals surface area contributed by atoms with Crippen molar-refractivity contribution in [3.05, 3.63) is 60.8 Å². The maximum absolute atomic E-state index is 13.0. The molecule has 0 amide bonds. The molecule has 3 N–H and O–H groups in total. The number of rotatable bonds is 45. The molecule has 0 aromatic rings. The van der Waals surface area contributed by atoms with Gasteiger partial charge in [-0.15, -0.1) is 0 Å². The first-order valence-electron chi connectivity index (χ1n) is 27.3. The predicted octanol–water partition coefficient (Wildman–Crippen LogP) is 13.2. The molecule has 396 valence electrons. The molecular weight excluding hydrogens is 877 g/mol. The average Bonchev–Trinajstić information content (AvgIpc) is 3.33. The van der Waals surface area contributed by atoms with Gasteiger partial charge >= 0.3 is 23.9 Å². The first-order chi connectivity index (χ1) is 33.6. The molecule has 0 saturated carbocycles. The van der Waals surface area contributed by atoms with Gasteiger partial charge in [0, 0.05) is 19.3 Å². The van der Waals surface area contributed by atoms with Gasteiger partial charge in [0.1, 0.15) is 18.8 Å². The van der Waals surface area contributed by atoms with Crippen LogP contribution in [-0.2, 0) is 42.9 Å². The van der Waals surface area contributed by atoms with Crippen LogP contribution in [0.4, 0.5) is 0 Å².